The van der Waals surface area contributed by atoms with Crippen LogP contribution in [0.2, 0.25) is 0 Å². The van der Waals surface area contributed by atoms with Gasteiger partial charge in [0.2, 0.25) is 10.0 Å². The molecule has 6 nitrogen and oxygen atoms in total. The predicted molar refractivity (Wildman–Crippen MR) is 123 cm³/mol. The molecule has 8 heteroatoms. The Balaban J connectivity index is 1.93. The summed E-state index contributed by atoms with van der Waals surface area (Å²) in [5, 5.41) is 5.02. The Morgan fingerprint density at radius 3 is 2.45 bits per heavy atom. The van der Waals surface area contributed by atoms with Crippen molar-refractivity contribution in [3.8, 4) is 5.75 Å². The molecule has 0 fully saturated rings. The average Bonchev–Trinajstić information content (AvgIpc) is 3.32. The third kappa shape index (κ3) is 5.33. The molecule has 3 rings (SSSR count). The molecular formula is C23H26N2O4S2. The minimum atomic E-state index is -3.78. The Hall–Kier alpha value is -2.68. The second kappa shape index (κ2) is 10.1. The molecule has 3 aromatic rings. The van der Waals surface area contributed by atoms with Crippen LogP contribution >= 0.6 is 11.3 Å². The monoisotopic (exact) mass is 458 g/mol. The minimum absolute atomic E-state index is 0.0817. The zero-order valence-corrected chi connectivity index (χ0v) is 19.3. The second-order valence-electron chi connectivity index (χ2n) is 6.99. The maximum atomic E-state index is 13.1. The fraction of sp³-hybridized carbons (Fsp3) is 0.261. The van der Waals surface area contributed by atoms with Crippen molar-refractivity contribution in [2.24, 2.45) is 0 Å². The van der Waals surface area contributed by atoms with Crippen molar-refractivity contribution < 1.29 is 17.9 Å². The first-order valence-corrected chi connectivity index (χ1v) is 12.3. The fourth-order valence-electron chi connectivity index (χ4n) is 3.29. The van der Waals surface area contributed by atoms with Gasteiger partial charge in [-0.1, -0.05) is 43.7 Å². The van der Waals surface area contributed by atoms with Gasteiger partial charge < -0.3 is 10.1 Å². The van der Waals surface area contributed by atoms with Gasteiger partial charge in [0.05, 0.1) is 13.2 Å². The molecule has 1 unspecified atom stereocenters. The Morgan fingerprint density at radius 1 is 1.13 bits per heavy atom. The van der Waals surface area contributed by atoms with Crippen molar-refractivity contribution in [1.82, 2.24) is 10.0 Å². The topological polar surface area (TPSA) is 84.5 Å². The maximum Gasteiger partial charge on any atom is 0.252 e. The molecule has 1 amide bonds. The number of aryl methyl sites for hydroxylation is 1. The van der Waals surface area contributed by atoms with Gasteiger partial charge in [-0.25, -0.2) is 13.1 Å². The number of amides is 1. The zero-order chi connectivity index (χ0) is 22.4. The van der Waals surface area contributed by atoms with Gasteiger partial charge in [-0.3, -0.25) is 4.79 Å². The molecule has 31 heavy (non-hydrogen) atoms. The van der Waals surface area contributed by atoms with Gasteiger partial charge in [-0.05, 0) is 54.2 Å². The summed E-state index contributed by atoms with van der Waals surface area (Å²) < 4.78 is 32.1. The summed E-state index contributed by atoms with van der Waals surface area (Å²) in [6.45, 7) is 2.14. The molecule has 0 radical (unpaired) electrons. The number of hydrogen-bond acceptors (Lipinski definition) is 5. The molecule has 1 atom stereocenters. The first kappa shape index (κ1) is 23.0. The van der Waals surface area contributed by atoms with Gasteiger partial charge in [-0.2, -0.15) is 0 Å². The summed E-state index contributed by atoms with van der Waals surface area (Å²) in [7, 11) is -1.08. The van der Waals surface area contributed by atoms with E-state index in [0.29, 0.717) is 0 Å². The molecule has 1 heterocycles. The Kier molecular flexibility index (Phi) is 7.48. The van der Waals surface area contributed by atoms with Crippen LogP contribution in [0.5, 0.6) is 5.75 Å². The van der Waals surface area contributed by atoms with E-state index in [9.17, 15) is 13.2 Å². The third-order valence-corrected chi connectivity index (χ3v) is 7.31. The molecule has 1 aromatic heterocycles. The van der Waals surface area contributed by atoms with E-state index >= 15 is 0 Å². The van der Waals surface area contributed by atoms with Crippen LogP contribution < -0.4 is 14.8 Å². The van der Waals surface area contributed by atoms with Crippen LogP contribution in [0, 0.1) is 0 Å². The van der Waals surface area contributed by atoms with Gasteiger partial charge in [-0.15, -0.1) is 11.3 Å². The first-order chi connectivity index (χ1) is 14.9. The molecule has 2 aromatic carbocycles. The van der Waals surface area contributed by atoms with Crippen LogP contribution in [0.25, 0.3) is 0 Å². The van der Waals surface area contributed by atoms with Gasteiger partial charge in [0.25, 0.3) is 5.91 Å². The SMILES string of the molecule is CCCc1ccc(C(NC(=O)c2ccc(OC)c(S(=O)(=O)NC)c2)c2cccs2)cc1. The van der Waals surface area contributed by atoms with E-state index < -0.39 is 10.0 Å². The summed E-state index contributed by atoms with van der Waals surface area (Å²) in [6.07, 6.45) is 2.07. The highest BCUT2D eigenvalue weighted by molar-refractivity contribution is 7.89. The summed E-state index contributed by atoms with van der Waals surface area (Å²) in [6, 6.07) is 16.2. The molecule has 164 valence electrons. The van der Waals surface area contributed by atoms with Crippen LogP contribution in [0.3, 0.4) is 0 Å². The van der Waals surface area contributed by atoms with E-state index in [2.05, 4.69) is 29.1 Å². The minimum Gasteiger partial charge on any atom is -0.495 e. The summed E-state index contributed by atoms with van der Waals surface area (Å²) in [5.41, 5.74) is 2.45. The van der Waals surface area contributed by atoms with Crippen molar-refractivity contribution in [3.63, 3.8) is 0 Å². The normalized spacial score (nSPS) is 12.4. The standard InChI is InChI=1S/C23H26N2O4S2/c1-4-6-16-8-10-17(11-9-16)22(20-7-5-14-30-20)25-23(26)18-12-13-19(29-3)21(15-18)31(27,28)24-2/h5,7-15,22,24H,4,6H2,1-3H3,(H,25,26). The van der Waals surface area contributed by atoms with E-state index in [4.69, 9.17) is 4.74 Å². The average molecular weight is 459 g/mol. The second-order valence-corrected chi connectivity index (χ2v) is 9.82. The molecular weight excluding hydrogens is 432 g/mol. The number of carbonyl (C=O) groups excluding carboxylic acids is 1. The lowest BCUT2D eigenvalue weighted by Crippen LogP contribution is -2.29. The van der Waals surface area contributed by atoms with Gasteiger partial charge in [0, 0.05) is 10.4 Å². The molecule has 0 aliphatic carbocycles. The Bertz CT molecular complexity index is 1120. The van der Waals surface area contributed by atoms with Crippen LogP contribution in [-0.2, 0) is 16.4 Å². The van der Waals surface area contributed by atoms with Crippen LogP contribution in [0.1, 0.15) is 45.7 Å². The summed E-state index contributed by atoms with van der Waals surface area (Å²) in [4.78, 5) is 14.0. The van der Waals surface area contributed by atoms with E-state index in [-0.39, 0.29) is 28.2 Å². The van der Waals surface area contributed by atoms with Gasteiger partial charge >= 0.3 is 0 Å². The molecule has 0 saturated carbocycles. The predicted octanol–water partition coefficient (Wildman–Crippen LogP) is 4.14. The van der Waals surface area contributed by atoms with Gasteiger partial charge in [0.1, 0.15) is 10.6 Å². The van der Waals surface area contributed by atoms with E-state index in [1.165, 1.54) is 31.9 Å². The quantitative estimate of drug-likeness (QED) is 0.505. The molecule has 2 N–H and O–H groups in total. The molecule has 0 bridgehead atoms. The van der Waals surface area contributed by atoms with E-state index in [0.717, 1.165) is 23.3 Å². The lowest BCUT2D eigenvalue weighted by Gasteiger charge is -2.19. The molecule has 0 spiro atoms. The number of ether oxygens (including phenoxy) is 1. The zero-order valence-electron chi connectivity index (χ0n) is 17.7. The van der Waals surface area contributed by atoms with Crippen molar-refractivity contribution >= 4 is 27.3 Å². The number of hydrogen-bond donors (Lipinski definition) is 2. The van der Waals surface area contributed by atoms with Gasteiger partial charge in [0.15, 0.2) is 0 Å². The number of nitrogens with one attached hydrogen (secondary N) is 2. The van der Waals surface area contributed by atoms with Crippen molar-refractivity contribution in [2.75, 3.05) is 14.2 Å². The molecule has 0 aliphatic rings. The number of rotatable bonds is 9. The Labute approximate surface area is 187 Å². The molecule has 0 saturated heterocycles. The van der Waals surface area contributed by atoms with Crippen LogP contribution in [-0.4, -0.2) is 28.5 Å². The maximum absolute atomic E-state index is 13.1. The summed E-state index contributed by atoms with van der Waals surface area (Å²) in [5.74, 6) is -0.196. The third-order valence-electron chi connectivity index (χ3n) is 4.94. The van der Waals surface area contributed by atoms with Crippen molar-refractivity contribution in [3.05, 3.63) is 81.5 Å². The van der Waals surface area contributed by atoms with Crippen molar-refractivity contribution in [1.29, 1.82) is 0 Å². The number of sulfonamides is 1. The highest BCUT2D eigenvalue weighted by atomic mass is 32.2. The van der Waals surface area contributed by atoms with Crippen molar-refractivity contribution in [2.45, 2.75) is 30.7 Å². The number of benzene rings is 2. The van der Waals surface area contributed by atoms with E-state index in [1.54, 1.807) is 17.4 Å². The smallest absolute Gasteiger partial charge is 0.252 e. The van der Waals surface area contributed by atoms with E-state index in [1.807, 2.05) is 29.6 Å². The molecule has 0 aliphatic heterocycles. The number of methoxy groups -OCH3 is 1. The fourth-order valence-corrected chi connectivity index (χ4v) is 5.01. The highest BCUT2D eigenvalue weighted by Gasteiger charge is 2.23. The summed E-state index contributed by atoms with van der Waals surface area (Å²) >= 11 is 1.55. The number of thiophene rings is 1. The first-order valence-electron chi connectivity index (χ1n) is 9.94. The largest absolute Gasteiger partial charge is 0.495 e. The Morgan fingerprint density at radius 2 is 1.87 bits per heavy atom. The highest BCUT2D eigenvalue weighted by Crippen LogP contribution is 2.28. The van der Waals surface area contributed by atoms with Crippen LogP contribution in [0.4, 0.5) is 0 Å². The number of carbonyl (C=O) groups is 1. The van der Waals surface area contributed by atoms with Crippen LogP contribution in [0.15, 0.2) is 64.9 Å². The lowest BCUT2D eigenvalue weighted by molar-refractivity contribution is 0.0943. The lowest BCUT2D eigenvalue weighted by atomic mass is 10.0.